The molecule has 1 aliphatic heterocycles. The lowest BCUT2D eigenvalue weighted by atomic mass is 9.73. The molecule has 98 valence electrons. The van der Waals surface area contributed by atoms with Gasteiger partial charge in [0.15, 0.2) is 0 Å². The highest BCUT2D eigenvalue weighted by atomic mass is 35.5. The molecule has 18 heavy (non-hydrogen) atoms. The first-order valence-electron chi connectivity index (χ1n) is 7.14. The van der Waals surface area contributed by atoms with Crippen molar-refractivity contribution in [2.75, 3.05) is 13.1 Å². The fraction of sp³-hybridized carbons (Fsp3) is 0.625. The van der Waals surface area contributed by atoms with E-state index in [1.54, 1.807) is 5.56 Å². The second-order valence-electron chi connectivity index (χ2n) is 6.21. The van der Waals surface area contributed by atoms with Crippen molar-refractivity contribution in [3.63, 3.8) is 0 Å². The van der Waals surface area contributed by atoms with Crippen molar-refractivity contribution < 1.29 is 0 Å². The van der Waals surface area contributed by atoms with E-state index in [0.29, 0.717) is 11.5 Å². The Hall–Kier alpha value is -0.530. The number of likely N-dealkylation sites (tertiary alicyclic amines) is 1. The molecule has 0 amide bonds. The number of halogens is 1. The molecule has 1 nitrogen and oxygen atoms in total. The molecule has 2 aliphatic rings. The van der Waals surface area contributed by atoms with E-state index in [9.17, 15) is 0 Å². The maximum Gasteiger partial charge on any atom is 0.0409 e. The lowest BCUT2D eigenvalue weighted by Gasteiger charge is -2.41. The van der Waals surface area contributed by atoms with E-state index in [1.165, 1.54) is 44.3 Å². The first-order valence-corrected chi connectivity index (χ1v) is 7.51. The zero-order chi connectivity index (χ0) is 12.8. The largest absolute Gasteiger partial charge is 0.301 e. The lowest BCUT2D eigenvalue weighted by molar-refractivity contribution is 0.129. The first kappa shape index (κ1) is 12.5. The zero-order valence-corrected chi connectivity index (χ0v) is 12.1. The fourth-order valence-corrected chi connectivity index (χ4v) is 3.93. The van der Waals surface area contributed by atoms with Crippen molar-refractivity contribution in [1.82, 2.24) is 4.90 Å². The number of hydrogen-bond acceptors (Lipinski definition) is 1. The lowest BCUT2D eigenvalue weighted by Crippen LogP contribution is -2.44. The molecule has 0 aromatic heterocycles. The van der Waals surface area contributed by atoms with Crippen LogP contribution in [-0.4, -0.2) is 24.0 Å². The van der Waals surface area contributed by atoms with Crippen LogP contribution in [0.1, 0.15) is 44.2 Å². The minimum absolute atomic E-state index is 0.436. The van der Waals surface area contributed by atoms with E-state index in [1.807, 2.05) is 6.07 Å². The third kappa shape index (κ3) is 1.98. The Balaban J connectivity index is 1.86. The van der Waals surface area contributed by atoms with Crippen LogP contribution in [0.2, 0.25) is 5.02 Å². The Kier molecular flexibility index (Phi) is 3.15. The van der Waals surface area contributed by atoms with Gasteiger partial charge in [0.25, 0.3) is 0 Å². The van der Waals surface area contributed by atoms with Gasteiger partial charge in [-0.2, -0.15) is 0 Å². The van der Waals surface area contributed by atoms with Crippen molar-refractivity contribution in [2.45, 2.75) is 51.0 Å². The molecule has 1 spiro atoms. The van der Waals surface area contributed by atoms with E-state index in [2.05, 4.69) is 30.9 Å². The van der Waals surface area contributed by atoms with Crippen LogP contribution < -0.4 is 0 Å². The maximum atomic E-state index is 6.19. The third-order valence-corrected chi connectivity index (χ3v) is 5.24. The average Bonchev–Trinajstić information content (AvgIpc) is 2.69. The van der Waals surface area contributed by atoms with Crippen LogP contribution in [0.4, 0.5) is 0 Å². The molecule has 1 aromatic rings. The van der Waals surface area contributed by atoms with E-state index in [0.717, 1.165) is 5.02 Å². The molecule has 0 unspecified atom stereocenters. The molecule has 2 heteroatoms. The molecule has 1 heterocycles. The molecular weight excluding hydrogens is 242 g/mol. The van der Waals surface area contributed by atoms with E-state index in [-0.39, 0.29) is 0 Å². The average molecular weight is 264 g/mol. The third-order valence-electron chi connectivity index (χ3n) is 5.00. The molecule has 3 rings (SSSR count). The smallest absolute Gasteiger partial charge is 0.0409 e. The molecule has 0 bridgehead atoms. The highest BCUT2D eigenvalue weighted by Crippen LogP contribution is 2.47. The van der Waals surface area contributed by atoms with E-state index in [4.69, 9.17) is 11.6 Å². The maximum absolute atomic E-state index is 6.19. The normalized spacial score (nSPS) is 22.7. The number of fused-ring (bicyclic) bond motifs is 2. The Morgan fingerprint density at radius 3 is 2.56 bits per heavy atom. The van der Waals surface area contributed by atoms with E-state index >= 15 is 0 Å². The van der Waals surface area contributed by atoms with Crippen molar-refractivity contribution in [2.24, 2.45) is 0 Å². The minimum atomic E-state index is 0.436. The second-order valence-corrected chi connectivity index (χ2v) is 6.65. The quantitative estimate of drug-likeness (QED) is 0.740. The van der Waals surface area contributed by atoms with Gasteiger partial charge in [-0.1, -0.05) is 17.7 Å². The molecule has 0 atom stereocenters. The monoisotopic (exact) mass is 263 g/mol. The van der Waals surface area contributed by atoms with Gasteiger partial charge in [-0.15, -0.1) is 0 Å². The summed E-state index contributed by atoms with van der Waals surface area (Å²) in [6.45, 7) is 7.09. The van der Waals surface area contributed by atoms with Gasteiger partial charge in [-0.3, -0.25) is 0 Å². The molecule has 1 aliphatic carbocycles. The summed E-state index contributed by atoms with van der Waals surface area (Å²) in [7, 11) is 0. The molecule has 0 N–H and O–H groups in total. The van der Waals surface area contributed by atoms with Gasteiger partial charge in [0, 0.05) is 11.1 Å². The summed E-state index contributed by atoms with van der Waals surface area (Å²) >= 11 is 6.19. The van der Waals surface area contributed by atoms with Gasteiger partial charge in [-0.25, -0.2) is 0 Å². The summed E-state index contributed by atoms with van der Waals surface area (Å²) in [5, 5.41) is 0.904. The summed E-state index contributed by atoms with van der Waals surface area (Å²) in [4.78, 5) is 2.60. The van der Waals surface area contributed by atoms with Crippen LogP contribution in [-0.2, 0) is 11.8 Å². The minimum Gasteiger partial charge on any atom is -0.301 e. The van der Waals surface area contributed by atoms with Gasteiger partial charge in [0.1, 0.15) is 0 Å². The van der Waals surface area contributed by atoms with Crippen LogP contribution in [0.25, 0.3) is 0 Å². The number of hydrogen-bond donors (Lipinski definition) is 0. The SMILES string of the molecule is CC(C)N1CCC2(CCc3ccc(Cl)cc32)CC1. The van der Waals surface area contributed by atoms with Crippen LogP contribution >= 0.6 is 11.6 Å². The van der Waals surface area contributed by atoms with Gasteiger partial charge in [0.2, 0.25) is 0 Å². The van der Waals surface area contributed by atoms with Crippen molar-refractivity contribution in [1.29, 1.82) is 0 Å². The van der Waals surface area contributed by atoms with Crippen LogP contribution in [0.3, 0.4) is 0 Å². The number of benzene rings is 1. The summed E-state index contributed by atoms with van der Waals surface area (Å²) in [5.74, 6) is 0. The molecule has 1 aromatic carbocycles. The van der Waals surface area contributed by atoms with Gasteiger partial charge >= 0.3 is 0 Å². The highest BCUT2D eigenvalue weighted by molar-refractivity contribution is 6.30. The topological polar surface area (TPSA) is 3.24 Å². The van der Waals surface area contributed by atoms with Gasteiger partial charge < -0.3 is 4.90 Å². The highest BCUT2D eigenvalue weighted by Gasteiger charge is 2.41. The summed E-state index contributed by atoms with van der Waals surface area (Å²) < 4.78 is 0. The Morgan fingerprint density at radius 2 is 1.89 bits per heavy atom. The number of aryl methyl sites for hydroxylation is 1. The summed E-state index contributed by atoms with van der Waals surface area (Å²) in [5.41, 5.74) is 3.53. The molecule has 1 fully saturated rings. The van der Waals surface area contributed by atoms with Crippen LogP contribution in [0.15, 0.2) is 18.2 Å². The Bertz CT molecular complexity index is 444. The number of nitrogens with zero attached hydrogens (tertiary/aromatic N) is 1. The van der Waals surface area contributed by atoms with Crippen LogP contribution in [0, 0.1) is 0 Å². The number of piperidine rings is 1. The Labute approximate surface area is 115 Å². The molecular formula is C16H22ClN. The van der Waals surface area contributed by atoms with Crippen LogP contribution in [0.5, 0.6) is 0 Å². The van der Waals surface area contributed by atoms with Crippen molar-refractivity contribution in [3.8, 4) is 0 Å². The van der Waals surface area contributed by atoms with E-state index < -0.39 is 0 Å². The molecule has 0 saturated carbocycles. The zero-order valence-electron chi connectivity index (χ0n) is 11.4. The molecule has 1 saturated heterocycles. The van der Waals surface area contributed by atoms with Crippen molar-refractivity contribution in [3.05, 3.63) is 34.3 Å². The number of rotatable bonds is 1. The standard InChI is InChI=1S/C16H22ClN/c1-12(2)18-9-7-16(8-10-18)6-5-13-3-4-14(17)11-15(13)16/h3-4,11-12H,5-10H2,1-2H3. The fourth-order valence-electron chi connectivity index (χ4n) is 3.76. The van der Waals surface area contributed by atoms with Gasteiger partial charge in [-0.05, 0) is 81.3 Å². The second kappa shape index (κ2) is 4.54. The van der Waals surface area contributed by atoms with Gasteiger partial charge in [0.05, 0.1) is 0 Å². The first-order chi connectivity index (χ1) is 8.61. The summed E-state index contributed by atoms with van der Waals surface area (Å²) in [6.07, 6.45) is 5.18. The predicted molar refractivity (Wildman–Crippen MR) is 77.4 cm³/mol. The predicted octanol–water partition coefficient (Wildman–Crippen LogP) is 4.03. The molecule has 0 radical (unpaired) electrons. The Morgan fingerprint density at radius 1 is 1.17 bits per heavy atom. The summed E-state index contributed by atoms with van der Waals surface area (Å²) in [6, 6.07) is 7.20. The van der Waals surface area contributed by atoms with Crippen molar-refractivity contribution >= 4 is 11.6 Å².